The summed E-state index contributed by atoms with van der Waals surface area (Å²) in [5, 5.41) is 22.3. The number of nitrogens with zero attached hydrogens (tertiary/aromatic N) is 7. The lowest BCUT2D eigenvalue weighted by Gasteiger charge is -2.17. The summed E-state index contributed by atoms with van der Waals surface area (Å²) in [5.41, 5.74) is 11.9. The van der Waals surface area contributed by atoms with E-state index in [2.05, 4.69) is 76.3 Å². The number of benzene rings is 7. The Hall–Kier alpha value is -8.52. The average molecular weight is 754 g/mol. The third-order valence-electron chi connectivity index (χ3n) is 10.7. The topological polar surface area (TPSA) is 104 Å². The third kappa shape index (κ3) is 6.36. The van der Waals surface area contributed by atoms with Gasteiger partial charge in [-0.15, -0.1) is 0 Å². The zero-order valence-corrected chi connectivity index (χ0v) is 31.5. The van der Waals surface area contributed by atoms with Crippen LogP contribution in [0.5, 0.6) is 0 Å². The van der Waals surface area contributed by atoms with Crippen molar-refractivity contribution in [3.63, 3.8) is 0 Å². The quantitative estimate of drug-likeness (QED) is 0.160. The third-order valence-corrected chi connectivity index (χ3v) is 10.7. The van der Waals surface area contributed by atoms with Crippen LogP contribution in [0.2, 0.25) is 0 Å². The molecule has 0 saturated carbocycles. The van der Waals surface area contributed by atoms with Crippen LogP contribution in [0.25, 0.3) is 95.0 Å². The summed E-state index contributed by atoms with van der Waals surface area (Å²) in [5.74, 6) is 1.62. The minimum absolute atomic E-state index is 0.505. The van der Waals surface area contributed by atoms with Crippen molar-refractivity contribution in [2.75, 3.05) is 0 Å². The van der Waals surface area contributed by atoms with Crippen LogP contribution in [-0.2, 0) is 0 Å². The maximum absolute atomic E-state index is 10.1. The van der Waals surface area contributed by atoms with Gasteiger partial charge in [-0.3, -0.25) is 4.98 Å². The van der Waals surface area contributed by atoms with E-state index in [1.807, 2.05) is 128 Å². The van der Waals surface area contributed by atoms with Gasteiger partial charge < -0.3 is 4.57 Å². The summed E-state index contributed by atoms with van der Waals surface area (Å²) in [6, 6.07) is 63.1. The largest absolute Gasteiger partial charge is 0.308 e. The molecule has 0 amide bonds. The molecular formula is C52H31N7. The van der Waals surface area contributed by atoms with Gasteiger partial charge >= 0.3 is 0 Å². The maximum Gasteiger partial charge on any atom is 0.166 e. The van der Waals surface area contributed by atoms with Crippen LogP contribution in [0.3, 0.4) is 0 Å². The Morgan fingerprint density at radius 3 is 1.41 bits per heavy atom. The summed E-state index contributed by atoms with van der Waals surface area (Å²) in [4.78, 5) is 19.9. The molecule has 0 atom stereocenters. The summed E-state index contributed by atoms with van der Waals surface area (Å²) in [6.07, 6.45) is 3.63. The molecule has 0 unspecified atom stereocenters. The van der Waals surface area contributed by atoms with E-state index in [0.717, 1.165) is 77.6 Å². The fourth-order valence-corrected chi connectivity index (χ4v) is 7.83. The average Bonchev–Trinajstić information content (AvgIpc) is 3.64. The minimum Gasteiger partial charge on any atom is -0.308 e. The van der Waals surface area contributed by atoms with Crippen LogP contribution < -0.4 is 0 Å². The van der Waals surface area contributed by atoms with Gasteiger partial charge in [0.15, 0.2) is 17.5 Å². The SMILES string of the molecule is N#Cc1ccccc1-c1ccc2c3ccc(-c4ccccc4C#N)cc3n(-c3ccc(-c4cccnc4)cc3-c3nc(-c4ccccc4)nc(-c4ccccc4)n3)c2c1. The summed E-state index contributed by atoms with van der Waals surface area (Å²) >= 11 is 0. The molecule has 7 heteroatoms. The van der Waals surface area contributed by atoms with Crippen LogP contribution in [0.4, 0.5) is 0 Å². The molecular weight excluding hydrogens is 723 g/mol. The number of fused-ring (bicyclic) bond motifs is 3. The van der Waals surface area contributed by atoms with Crippen LogP contribution >= 0.6 is 0 Å². The normalized spacial score (nSPS) is 11.0. The van der Waals surface area contributed by atoms with Gasteiger partial charge in [-0.2, -0.15) is 10.5 Å². The van der Waals surface area contributed by atoms with Gasteiger partial charge in [0.1, 0.15) is 0 Å². The van der Waals surface area contributed by atoms with Gasteiger partial charge in [-0.25, -0.2) is 15.0 Å². The lowest BCUT2D eigenvalue weighted by atomic mass is 9.98. The van der Waals surface area contributed by atoms with Crippen LogP contribution in [0, 0.1) is 22.7 Å². The molecule has 0 aliphatic rings. The standard InChI is InChI=1S/C52H31N7/c53-31-39-16-7-9-19-42(39)37-21-24-44-45-25-22-38(43-20-10-8-17-40(43)32-54)30-49(45)59(48(44)29-37)47-26-23-36(41-18-11-27-55-33-41)28-46(47)52-57-50(34-12-3-1-4-13-34)56-51(58-52)35-14-5-2-6-15-35/h1-30,33H. The molecule has 274 valence electrons. The number of rotatable bonds is 7. The van der Waals surface area contributed by atoms with Crippen molar-refractivity contribution in [2.24, 2.45) is 0 Å². The van der Waals surface area contributed by atoms with Crippen LogP contribution in [0.15, 0.2) is 188 Å². The van der Waals surface area contributed by atoms with Crippen molar-refractivity contribution in [3.8, 4) is 85.4 Å². The van der Waals surface area contributed by atoms with E-state index in [1.165, 1.54) is 0 Å². The monoisotopic (exact) mass is 753 g/mol. The molecule has 0 N–H and O–H groups in total. The zero-order valence-electron chi connectivity index (χ0n) is 31.5. The summed E-state index contributed by atoms with van der Waals surface area (Å²) in [6.45, 7) is 0. The minimum atomic E-state index is 0.505. The van der Waals surface area contributed by atoms with Crippen molar-refractivity contribution in [2.45, 2.75) is 0 Å². The van der Waals surface area contributed by atoms with E-state index in [9.17, 15) is 10.5 Å². The Balaban J connectivity index is 1.32. The van der Waals surface area contributed by atoms with Gasteiger partial charge in [-0.1, -0.05) is 133 Å². The van der Waals surface area contributed by atoms with Gasteiger partial charge in [0.05, 0.1) is 40.0 Å². The van der Waals surface area contributed by atoms with Gasteiger partial charge in [0, 0.05) is 45.4 Å². The second-order valence-electron chi connectivity index (χ2n) is 14.1. The lowest BCUT2D eigenvalue weighted by molar-refractivity contribution is 1.06. The molecule has 10 rings (SSSR count). The molecule has 59 heavy (non-hydrogen) atoms. The van der Waals surface area contributed by atoms with Crippen molar-refractivity contribution in [1.29, 1.82) is 10.5 Å². The van der Waals surface area contributed by atoms with E-state index in [-0.39, 0.29) is 0 Å². The molecule has 10 aromatic rings. The predicted octanol–water partition coefficient (Wildman–Crippen LogP) is 12.1. The first-order valence-electron chi connectivity index (χ1n) is 19.2. The molecule has 0 spiro atoms. The molecule has 0 bridgehead atoms. The van der Waals surface area contributed by atoms with E-state index >= 15 is 0 Å². The molecule has 0 aliphatic carbocycles. The molecule has 0 saturated heterocycles. The number of nitriles is 2. The Morgan fingerprint density at radius 2 is 0.881 bits per heavy atom. The van der Waals surface area contributed by atoms with E-state index < -0.39 is 0 Å². The molecule has 3 aromatic heterocycles. The number of pyridine rings is 1. The van der Waals surface area contributed by atoms with Crippen LogP contribution in [-0.4, -0.2) is 24.5 Å². The Bertz CT molecular complexity index is 3110. The molecule has 0 fully saturated rings. The highest BCUT2D eigenvalue weighted by Gasteiger charge is 2.22. The number of hydrogen-bond acceptors (Lipinski definition) is 6. The highest BCUT2D eigenvalue weighted by molar-refractivity contribution is 6.12. The second kappa shape index (κ2) is 14.9. The van der Waals surface area contributed by atoms with Gasteiger partial charge in [-0.05, 0) is 70.3 Å². The first kappa shape index (κ1) is 34.9. The fraction of sp³-hybridized carbons (Fsp3) is 0. The summed E-state index contributed by atoms with van der Waals surface area (Å²) in [7, 11) is 0. The van der Waals surface area contributed by atoms with E-state index in [0.29, 0.717) is 28.6 Å². The maximum atomic E-state index is 10.1. The zero-order chi connectivity index (χ0) is 39.7. The van der Waals surface area contributed by atoms with Crippen LogP contribution in [0.1, 0.15) is 11.1 Å². The first-order chi connectivity index (χ1) is 29.2. The first-order valence-corrected chi connectivity index (χ1v) is 19.2. The smallest absolute Gasteiger partial charge is 0.166 e. The van der Waals surface area contributed by atoms with E-state index in [1.54, 1.807) is 6.20 Å². The summed E-state index contributed by atoms with van der Waals surface area (Å²) < 4.78 is 2.26. The van der Waals surface area contributed by atoms with Crippen molar-refractivity contribution >= 4 is 21.8 Å². The Kier molecular flexibility index (Phi) is 8.80. The molecule has 0 aliphatic heterocycles. The Labute approximate surface area is 340 Å². The second-order valence-corrected chi connectivity index (χ2v) is 14.1. The van der Waals surface area contributed by atoms with Crippen molar-refractivity contribution in [3.05, 3.63) is 199 Å². The van der Waals surface area contributed by atoms with Gasteiger partial charge in [0.2, 0.25) is 0 Å². The Morgan fingerprint density at radius 1 is 0.390 bits per heavy atom. The van der Waals surface area contributed by atoms with Crippen molar-refractivity contribution < 1.29 is 0 Å². The van der Waals surface area contributed by atoms with Crippen molar-refractivity contribution in [1.82, 2.24) is 24.5 Å². The van der Waals surface area contributed by atoms with Gasteiger partial charge in [0.25, 0.3) is 0 Å². The van der Waals surface area contributed by atoms with E-state index in [4.69, 9.17) is 15.0 Å². The molecule has 0 radical (unpaired) electrons. The molecule has 3 heterocycles. The fourth-order valence-electron chi connectivity index (χ4n) is 7.83. The number of aromatic nitrogens is 5. The highest BCUT2D eigenvalue weighted by Crippen LogP contribution is 2.41. The number of hydrogen-bond donors (Lipinski definition) is 0. The molecule has 7 aromatic carbocycles. The highest BCUT2D eigenvalue weighted by atomic mass is 15.1. The predicted molar refractivity (Wildman–Crippen MR) is 234 cm³/mol. The molecule has 7 nitrogen and oxygen atoms in total. The lowest BCUT2D eigenvalue weighted by Crippen LogP contribution is -2.04.